The number of nitrogens with zero attached hydrogens (tertiary/aromatic N) is 1. The maximum Gasteiger partial charge on any atom is 0.288 e. The third-order valence-electron chi connectivity index (χ3n) is 5.66. The topological polar surface area (TPSA) is 129 Å². The van der Waals surface area contributed by atoms with Crippen molar-refractivity contribution < 1.29 is 9.59 Å². The fraction of sp³-hybridized carbons (Fsp3) is 0.125. The summed E-state index contributed by atoms with van der Waals surface area (Å²) in [6.45, 7) is 1.84. The van der Waals surface area contributed by atoms with E-state index in [1.165, 1.54) is 0 Å². The second kappa shape index (κ2) is 7.82. The van der Waals surface area contributed by atoms with Gasteiger partial charge in [0, 0.05) is 33.4 Å². The predicted octanol–water partition coefficient (Wildman–Crippen LogP) is 2.84. The number of aromatic amines is 2. The van der Waals surface area contributed by atoms with Crippen molar-refractivity contribution in [2.75, 3.05) is 0 Å². The van der Waals surface area contributed by atoms with Gasteiger partial charge in [0.05, 0.1) is 17.3 Å². The molecule has 0 aliphatic rings. The molecular weight excluding hydrogens is 404 g/mol. The molecule has 0 saturated carbocycles. The van der Waals surface area contributed by atoms with Crippen LogP contribution in [0.15, 0.2) is 60.8 Å². The SMILES string of the molecule is Cc1nc(C(=O)NNC(=O)[C@@H](N)Cc2c[nH]c3ccccc23)cc2c1[nH]c1ccccc12. The number of aromatic nitrogens is 3. The summed E-state index contributed by atoms with van der Waals surface area (Å²) < 4.78 is 0. The monoisotopic (exact) mass is 426 g/mol. The number of H-pyrrole nitrogens is 2. The van der Waals surface area contributed by atoms with E-state index < -0.39 is 17.9 Å². The molecule has 2 amide bonds. The molecule has 2 aromatic carbocycles. The summed E-state index contributed by atoms with van der Waals surface area (Å²) in [6.07, 6.45) is 2.18. The number of para-hydroxylation sites is 2. The summed E-state index contributed by atoms with van der Waals surface area (Å²) in [5.41, 5.74) is 15.6. The van der Waals surface area contributed by atoms with Crippen LogP contribution in [0.25, 0.3) is 32.7 Å². The van der Waals surface area contributed by atoms with E-state index >= 15 is 0 Å². The average Bonchev–Trinajstić information content (AvgIpc) is 3.39. The van der Waals surface area contributed by atoms with Gasteiger partial charge < -0.3 is 15.7 Å². The first-order chi connectivity index (χ1) is 15.5. The van der Waals surface area contributed by atoms with Crippen molar-refractivity contribution >= 4 is 44.5 Å². The standard InChI is InChI=1S/C24H22N6O2/c1-13-22-17(16-7-3-5-9-20(16)28-22)11-21(27-13)24(32)30-29-23(31)18(25)10-14-12-26-19-8-4-2-6-15(14)19/h2-9,11-12,18,26,28H,10,25H2,1H3,(H,29,31)(H,30,32)/t18-/m0/s1. The van der Waals surface area contributed by atoms with E-state index in [-0.39, 0.29) is 5.69 Å². The predicted molar refractivity (Wildman–Crippen MR) is 124 cm³/mol. The van der Waals surface area contributed by atoms with Crippen LogP contribution in [0, 0.1) is 6.92 Å². The minimum absolute atomic E-state index is 0.213. The highest BCUT2D eigenvalue weighted by atomic mass is 16.2. The van der Waals surface area contributed by atoms with Gasteiger partial charge in [-0.05, 0) is 37.1 Å². The average molecular weight is 426 g/mol. The number of hydrogen-bond acceptors (Lipinski definition) is 4. The van der Waals surface area contributed by atoms with Gasteiger partial charge in [0.15, 0.2) is 0 Å². The Morgan fingerprint density at radius 1 is 1.00 bits per heavy atom. The quantitative estimate of drug-likeness (QED) is 0.283. The second-order valence-corrected chi connectivity index (χ2v) is 7.80. The molecule has 0 bridgehead atoms. The smallest absolute Gasteiger partial charge is 0.288 e. The van der Waals surface area contributed by atoms with Gasteiger partial charge in [-0.3, -0.25) is 20.4 Å². The summed E-state index contributed by atoms with van der Waals surface area (Å²) in [6, 6.07) is 16.6. The van der Waals surface area contributed by atoms with Crippen LogP contribution in [-0.2, 0) is 11.2 Å². The summed E-state index contributed by atoms with van der Waals surface area (Å²) >= 11 is 0. The molecule has 160 valence electrons. The van der Waals surface area contributed by atoms with Gasteiger partial charge in [-0.25, -0.2) is 4.98 Å². The summed E-state index contributed by atoms with van der Waals surface area (Å²) in [7, 11) is 0. The van der Waals surface area contributed by atoms with Gasteiger partial charge in [0.1, 0.15) is 5.69 Å². The first-order valence-corrected chi connectivity index (χ1v) is 10.3. The van der Waals surface area contributed by atoms with Crippen molar-refractivity contribution in [1.29, 1.82) is 0 Å². The van der Waals surface area contributed by atoms with Crippen molar-refractivity contribution in [1.82, 2.24) is 25.8 Å². The number of benzene rings is 2. The largest absolute Gasteiger partial charge is 0.361 e. The van der Waals surface area contributed by atoms with E-state index in [1.807, 2.05) is 61.7 Å². The maximum atomic E-state index is 12.7. The summed E-state index contributed by atoms with van der Waals surface area (Å²) in [5.74, 6) is -0.985. The number of amides is 2. The Bertz CT molecular complexity index is 1480. The van der Waals surface area contributed by atoms with Gasteiger partial charge in [-0.15, -0.1) is 0 Å². The van der Waals surface area contributed by atoms with Crippen LogP contribution in [0.1, 0.15) is 21.7 Å². The highest BCUT2D eigenvalue weighted by Gasteiger charge is 2.18. The van der Waals surface area contributed by atoms with Gasteiger partial charge in [0.2, 0.25) is 0 Å². The lowest BCUT2D eigenvalue weighted by atomic mass is 10.1. The van der Waals surface area contributed by atoms with E-state index in [0.717, 1.165) is 38.3 Å². The number of pyridine rings is 1. The van der Waals surface area contributed by atoms with Crippen molar-refractivity contribution in [2.45, 2.75) is 19.4 Å². The lowest BCUT2D eigenvalue weighted by Gasteiger charge is -2.13. The Hall–Kier alpha value is -4.17. The molecule has 0 aliphatic heterocycles. The van der Waals surface area contributed by atoms with Gasteiger partial charge in [0.25, 0.3) is 11.8 Å². The van der Waals surface area contributed by atoms with Crippen LogP contribution in [0.5, 0.6) is 0 Å². The number of hydrogen-bond donors (Lipinski definition) is 5. The molecular formula is C24H22N6O2. The van der Waals surface area contributed by atoms with Crippen LogP contribution < -0.4 is 16.6 Å². The van der Waals surface area contributed by atoms with Gasteiger partial charge >= 0.3 is 0 Å². The number of carbonyl (C=O) groups excluding carboxylic acids is 2. The minimum atomic E-state index is -0.819. The van der Waals surface area contributed by atoms with E-state index in [2.05, 4.69) is 25.8 Å². The summed E-state index contributed by atoms with van der Waals surface area (Å²) in [4.78, 5) is 36.0. The lowest BCUT2D eigenvalue weighted by Crippen LogP contribution is -2.50. The fourth-order valence-electron chi connectivity index (χ4n) is 4.03. The molecule has 0 spiro atoms. The Labute approximate surface area is 183 Å². The Morgan fingerprint density at radius 3 is 2.53 bits per heavy atom. The highest BCUT2D eigenvalue weighted by Crippen LogP contribution is 2.27. The molecule has 0 aliphatic carbocycles. The molecule has 32 heavy (non-hydrogen) atoms. The second-order valence-electron chi connectivity index (χ2n) is 7.80. The molecule has 0 fully saturated rings. The third kappa shape index (κ3) is 3.46. The maximum absolute atomic E-state index is 12.7. The van der Waals surface area contributed by atoms with Crippen LogP contribution in [0.2, 0.25) is 0 Å². The molecule has 5 rings (SSSR count). The fourth-order valence-corrected chi connectivity index (χ4v) is 4.03. The number of rotatable bonds is 4. The van der Waals surface area contributed by atoms with E-state index in [1.54, 1.807) is 6.07 Å². The number of nitrogens with one attached hydrogen (secondary N) is 4. The molecule has 3 aromatic heterocycles. The number of aryl methyl sites for hydroxylation is 1. The van der Waals surface area contributed by atoms with E-state index in [0.29, 0.717) is 12.1 Å². The van der Waals surface area contributed by atoms with Crippen molar-refractivity contribution in [3.05, 3.63) is 77.7 Å². The molecule has 5 aromatic rings. The zero-order valence-electron chi connectivity index (χ0n) is 17.4. The Kier molecular flexibility index (Phi) is 4.84. The molecule has 0 radical (unpaired) electrons. The van der Waals surface area contributed by atoms with Crippen molar-refractivity contribution in [3.8, 4) is 0 Å². The Morgan fingerprint density at radius 2 is 1.72 bits per heavy atom. The first kappa shape index (κ1) is 19.8. The van der Waals surface area contributed by atoms with E-state index in [9.17, 15) is 9.59 Å². The molecule has 3 heterocycles. The normalized spacial score (nSPS) is 12.3. The third-order valence-corrected chi connectivity index (χ3v) is 5.66. The number of nitrogens with two attached hydrogens (primary N) is 1. The lowest BCUT2D eigenvalue weighted by molar-refractivity contribution is -0.123. The van der Waals surface area contributed by atoms with E-state index in [4.69, 9.17) is 5.73 Å². The molecule has 0 saturated heterocycles. The molecule has 0 unspecified atom stereocenters. The summed E-state index contributed by atoms with van der Waals surface area (Å²) in [5, 5.41) is 2.93. The van der Waals surface area contributed by atoms with Gasteiger partial charge in [-0.1, -0.05) is 36.4 Å². The highest BCUT2D eigenvalue weighted by molar-refractivity contribution is 6.10. The van der Waals surface area contributed by atoms with Crippen molar-refractivity contribution in [2.24, 2.45) is 5.73 Å². The molecule has 8 nitrogen and oxygen atoms in total. The van der Waals surface area contributed by atoms with Crippen LogP contribution in [0.4, 0.5) is 0 Å². The molecule has 6 N–H and O–H groups in total. The number of carbonyl (C=O) groups is 2. The van der Waals surface area contributed by atoms with Crippen LogP contribution in [0.3, 0.4) is 0 Å². The number of fused-ring (bicyclic) bond motifs is 4. The Balaban J connectivity index is 1.29. The molecule has 8 heteroatoms. The zero-order chi connectivity index (χ0) is 22.2. The van der Waals surface area contributed by atoms with Crippen LogP contribution >= 0.6 is 0 Å². The number of hydrazine groups is 1. The zero-order valence-corrected chi connectivity index (χ0v) is 17.4. The van der Waals surface area contributed by atoms with Crippen LogP contribution in [-0.4, -0.2) is 32.8 Å². The first-order valence-electron chi connectivity index (χ1n) is 10.3. The molecule has 1 atom stereocenters. The van der Waals surface area contributed by atoms with Gasteiger partial charge in [-0.2, -0.15) is 0 Å². The minimum Gasteiger partial charge on any atom is -0.361 e. The van der Waals surface area contributed by atoms with Crippen molar-refractivity contribution in [3.63, 3.8) is 0 Å².